The Morgan fingerprint density at radius 1 is 1.31 bits per heavy atom. The standard InChI is InChI=1S/C10H13N5O/c1-10(2,3)7-4-8(16)13-9(12-7)6-5-11-15-14-6/h4-5H,1-3H3,(H,11,14,15)(H,12,13,16). The van der Waals surface area contributed by atoms with E-state index in [0.717, 1.165) is 5.69 Å². The molecule has 0 aliphatic carbocycles. The molecule has 0 aromatic carbocycles. The highest BCUT2D eigenvalue weighted by Gasteiger charge is 2.18. The molecule has 84 valence electrons. The molecule has 6 heteroatoms. The van der Waals surface area contributed by atoms with Gasteiger partial charge in [-0.05, 0) is 0 Å². The fourth-order valence-corrected chi connectivity index (χ4v) is 1.28. The number of nitrogens with zero attached hydrogens (tertiary/aromatic N) is 3. The van der Waals surface area contributed by atoms with Gasteiger partial charge in [-0.2, -0.15) is 15.4 Å². The number of nitrogens with one attached hydrogen (secondary N) is 2. The van der Waals surface area contributed by atoms with Crippen molar-refractivity contribution in [3.05, 3.63) is 28.3 Å². The first kappa shape index (κ1) is 10.5. The molecule has 0 saturated heterocycles. The van der Waals surface area contributed by atoms with Crippen LogP contribution in [0, 0.1) is 0 Å². The van der Waals surface area contributed by atoms with Gasteiger partial charge in [0, 0.05) is 11.5 Å². The lowest BCUT2D eigenvalue weighted by molar-refractivity contribution is 0.566. The van der Waals surface area contributed by atoms with Crippen LogP contribution in [-0.2, 0) is 5.41 Å². The van der Waals surface area contributed by atoms with E-state index in [1.165, 1.54) is 12.3 Å². The first-order valence-corrected chi connectivity index (χ1v) is 4.95. The molecule has 0 atom stereocenters. The van der Waals surface area contributed by atoms with Crippen LogP contribution >= 0.6 is 0 Å². The zero-order valence-electron chi connectivity index (χ0n) is 9.40. The van der Waals surface area contributed by atoms with E-state index >= 15 is 0 Å². The molecule has 0 bridgehead atoms. The molecule has 16 heavy (non-hydrogen) atoms. The third-order valence-electron chi connectivity index (χ3n) is 2.17. The van der Waals surface area contributed by atoms with Crippen molar-refractivity contribution in [1.29, 1.82) is 0 Å². The molecule has 2 aromatic rings. The van der Waals surface area contributed by atoms with Crippen molar-refractivity contribution in [1.82, 2.24) is 25.4 Å². The molecule has 0 spiro atoms. The third kappa shape index (κ3) is 2.00. The van der Waals surface area contributed by atoms with Crippen molar-refractivity contribution in [3.8, 4) is 11.5 Å². The molecule has 0 fully saturated rings. The van der Waals surface area contributed by atoms with Crippen LogP contribution in [0.5, 0.6) is 0 Å². The van der Waals surface area contributed by atoms with E-state index in [9.17, 15) is 4.79 Å². The van der Waals surface area contributed by atoms with Crippen molar-refractivity contribution in [2.45, 2.75) is 26.2 Å². The third-order valence-corrected chi connectivity index (χ3v) is 2.17. The van der Waals surface area contributed by atoms with Gasteiger partial charge in [0.05, 0.1) is 11.9 Å². The molecular weight excluding hydrogens is 206 g/mol. The van der Waals surface area contributed by atoms with Crippen molar-refractivity contribution < 1.29 is 0 Å². The molecule has 6 nitrogen and oxygen atoms in total. The molecule has 2 rings (SSSR count). The van der Waals surface area contributed by atoms with Crippen molar-refractivity contribution in [2.24, 2.45) is 0 Å². The highest BCUT2D eigenvalue weighted by molar-refractivity contribution is 5.46. The minimum Gasteiger partial charge on any atom is -0.305 e. The molecule has 0 aliphatic rings. The lowest BCUT2D eigenvalue weighted by atomic mass is 9.92. The lowest BCUT2D eigenvalue weighted by Gasteiger charge is -2.17. The molecule has 2 aromatic heterocycles. The van der Waals surface area contributed by atoms with Gasteiger partial charge in [-0.3, -0.25) is 4.79 Å². The molecule has 0 amide bonds. The van der Waals surface area contributed by atoms with E-state index in [1.54, 1.807) is 0 Å². The number of rotatable bonds is 1. The maximum absolute atomic E-state index is 11.5. The average Bonchev–Trinajstić information content (AvgIpc) is 2.68. The number of H-pyrrole nitrogens is 2. The average molecular weight is 219 g/mol. The van der Waals surface area contributed by atoms with Crippen LogP contribution in [0.1, 0.15) is 26.5 Å². The van der Waals surface area contributed by atoms with Crippen LogP contribution in [-0.4, -0.2) is 25.4 Å². The van der Waals surface area contributed by atoms with Crippen LogP contribution in [0.15, 0.2) is 17.1 Å². The smallest absolute Gasteiger partial charge is 0.251 e. The normalized spacial score (nSPS) is 11.7. The van der Waals surface area contributed by atoms with Crippen molar-refractivity contribution in [2.75, 3.05) is 0 Å². The summed E-state index contributed by atoms with van der Waals surface area (Å²) in [7, 11) is 0. The Hall–Kier alpha value is -1.98. The van der Waals surface area contributed by atoms with Gasteiger partial charge in [0.25, 0.3) is 5.56 Å². The van der Waals surface area contributed by atoms with Crippen molar-refractivity contribution >= 4 is 0 Å². The molecule has 0 saturated carbocycles. The Balaban J connectivity index is 2.57. The summed E-state index contributed by atoms with van der Waals surface area (Å²) in [6, 6.07) is 1.50. The summed E-state index contributed by atoms with van der Waals surface area (Å²) >= 11 is 0. The first-order chi connectivity index (χ1) is 7.47. The van der Waals surface area contributed by atoms with Gasteiger partial charge in [0.2, 0.25) is 0 Å². The van der Waals surface area contributed by atoms with Gasteiger partial charge in [-0.1, -0.05) is 20.8 Å². The molecule has 0 radical (unpaired) electrons. The molecular formula is C10H13N5O. The Morgan fingerprint density at radius 2 is 2.06 bits per heavy atom. The zero-order valence-corrected chi connectivity index (χ0v) is 9.40. The summed E-state index contributed by atoms with van der Waals surface area (Å²) < 4.78 is 0. The van der Waals surface area contributed by atoms with E-state index in [0.29, 0.717) is 11.5 Å². The van der Waals surface area contributed by atoms with Crippen LogP contribution in [0.3, 0.4) is 0 Å². The highest BCUT2D eigenvalue weighted by Crippen LogP contribution is 2.20. The van der Waals surface area contributed by atoms with E-state index in [4.69, 9.17) is 0 Å². The topological polar surface area (TPSA) is 87.3 Å². The maximum Gasteiger partial charge on any atom is 0.251 e. The van der Waals surface area contributed by atoms with Gasteiger partial charge in [-0.15, -0.1) is 0 Å². The second kappa shape index (κ2) is 3.55. The molecule has 0 unspecified atom stereocenters. The Kier molecular flexibility index (Phi) is 2.34. The van der Waals surface area contributed by atoms with Gasteiger partial charge in [-0.25, -0.2) is 4.98 Å². The largest absolute Gasteiger partial charge is 0.305 e. The summed E-state index contributed by atoms with van der Waals surface area (Å²) in [4.78, 5) is 18.5. The highest BCUT2D eigenvalue weighted by atomic mass is 16.1. The number of aromatic amines is 2. The molecule has 2 heterocycles. The molecule has 2 N–H and O–H groups in total. The summed E-state index contributed by atoms with van der Waals surface area (Å²) in [5.74, 6) is 0.436. The van der Waals surface area contributed by atoms with Crippen LogP contribution < -0.4 is 5.56 Å². The van der Waals surface area contributed by atoms with Crippen LogP contribution in [0.25, 0.3) is 11.5 Å². The van der Waals surface area contributed by atoms with Gasteiger partial charge in [0.1, 0.15) is 5.69 Å². The lowest BCUT2D eigenvalue weighted by Crippen LogP contribution is -2.19. The Labute approximate surface area is 92.1 Å². The fraction of sp³-hybridized carbons (Fsp3) is 0.400. The van der Waals surface area contributed by atoms with E-state index < -0.39 is 0 Å². The maximum atomic E-state index is 11.5. The minimum atomic E-state index is -0.182. The monoisotopic (exact) mass is 219 g/mol. The van der Waals surface area contributed by atoms with Crippen molar-refractivity contribution in [3.63, 3.8) is 0 Å². The molecule has 0 aliphatic heterocycles. The van der Waals surface area contributed by atoms with E-state index in [2.05, 4.69) is 25.4 Å². The second-order valence-corrected chi connectivity index (χ2v) is 4.58. The second-order valence-electron chi connectivity index (χ2n) is 4.58. The summed E-state index contributed by atoms with van der Waals surface area (Å²) in [5, 5.41) is 10.0. The summed E-state index contributed by atoms with van der Waals surface area (Å²) in [5.41, 5.74) is 0.905. The van der Waals surface area contributed by atoms with Gasteiger partial charge < -0.3 is 4.98 Å². The van der Waals surface area contributed by atoms with E-state index in [1.807, 2.05) is 20.8 Å². The number of aromatic nitrogens is 5. The predicted octanol–water partition coefficient (Wildman–Crippen LogP) is 0.852. The summed E-state index contributed by atoms with van der Waals surface area (Å²) in [6.45, 7) is 6.00. The van der Waals surface area contributed by atoms with Gasteiger partial charge >= 0.3 is 0 Å². The van der Waals surface area contributed by atoms with E-state index in [-0.39, 0.29) is 11.0 Å². The minimum absolute atomic E-state index is 0.174. The summed E-state index contributed by atoms with van der Waals surface area (Å²) in [6.07, 6.45) is 1.52. The first-order valence-electron chi connectivity index (χ1n) is 4.95. The SMILES string of the molecule is CC(C)(C)c1cc(=O)[nH]c(-c2cn[nH]n2)n1. The Morgan fingerprint density at radius 3 is 2.62 bits per heavy atom. The van der Waals surface area contributed by atoms with Crippen LogP contribution in [0.4, 0.5) is 0 Å². The zero-order chi connectivity index (χ0) is 11.8. The number of hydrogen-bond acceptors (Lipinski definition) is 4. The quantitative estimate of drug-likeness (QED) is 0.744. The number of hydrogen-bond donors (Lipinski definition) is 2. The van der Waals surface area contributed by atoms with Gasteiger partial charge in [0.15, 0.2) is 5.82 Å². The Bertz CT molecular complexity index is 535. The predicted molar refractivity (Wildman–Crippen MR) is 58.9 cm³/mol. The van der Waals surface area contributed by atoms with Crippen LogP contribution in [0.2, 0.25) is 0 Å². The fourth-order valence-electron chi connectivity index (χ4n) is 1.28.